The minimum absolute atomic E-state index is 0.0588. The van der Waals surface area contributed by atoms with Crippen LogP contribution in [0.4, 0.5) is 5.69 Å². The molecule has 2 aliphatic heterocycles. The summed E-state index contributed by atoms with van der Waals surface area (Å²) in [6.45, 7) is 6.29. The molecule has 4 aliphatic carbocycles. The van der Waals surface area contributed by atoms with Gasteiger partial charge in [-0.1, -0.05) is 13.8 Å². The topological polar surface area (TPSA) is 175 Å². The molecule has 0 aromatic heterocycles. The molecule has 262 valence electrons. The molecule has 48 heavy (non-hydrogen) atoms. The van der Waals surface area contributed by atoms with E-state index in [9.17, 15) is 35.0 Å². The van der Waals surface area contributed by atoms with E-state index in [-0.39, 0.29) is 59.5 Å². The molecule has 0 amide bonds. The van der Waals surface area contributed by atoms with Crippen LogP contribution in [0.5, 0.6) is 0 Å². The molecule has 7 rings (SSSR count). The monoisotopic (exact) mass is 669 g/mol. The van der Waals surface area contributed by atoms with Crippen molar-refractivity contribution >= 4 is 17.6 Å². The average Bonchev–Trinajstić information content (AvgIpc) is 3.60. The van der Waals surface area contributed by atoms with Crippen molar-refractivity contribution < 1.29 is 48.8 Å². The summed E-state index contributed by atoms with van der Waals surface area (Å²) in [5.41, 5.74) is -0.938. The smallest absolute Gasteiger partial charge is 0.338 e. The Morgan fingerprint density at radius 2 is 1.77 bits per heavy atom. The molecule has 3 N–H and O–H groups in total. The highest BCUT2D eigenvalue weighted by atomic mass is 16.7. The van der Waals surface area contributed by atoms with Crippen LogP contribution in [0.3, 0.4) is 0 Å². The standard InChI is InChI=1S/C36H47NO11/c1-19-32(40)28(48-33(41)20-4-7-23(8-5-20)37(43)44)17-31(46-19)47-24-10-12-34(2)22(15-24)6-9-26-27(34)16-29(38)35(3)25(11-13-36(26,35)42)21-14-30(39)45-18-21/h4-5,7-8,14,19,22,24-29,31-32,38,40,42H,6,9-13,15-18H2,1-3H3/t19-,22-,24+,25-,26-,27+,28-,29-,31+,32-,34+,35+,36+/m1/s1. The Hall–Kier alpha value is -2.90. The van der Waals surface area contributed by atoms with Gasteiger partial charge in [-0.2, -0.15) is 0 Å². The van der Waals surface area contributed by atoms with Crippen molar-refractivity contribution in [3.05, 3.63) is 51.6 Å². The van der Waals surface area contributed by atoms with E-state index < -0.39 is 52.6 Å². The number of hydrogen-bond donors (Lipinski definition) is 3. The zero-order valence-corrected chi connectivity index (χ0v) is 27.8. The number of nitro benzene ring substituents is 1. The third-order valence-electron chi connectivity index (χ3n) is 13.6. The van der Waals surface area contributed by atoms with Crippen LogP contribution in [0.1, 0.15) is 88.9 Å². The molecule has 0 bridgehead atoms. The molecule has 1 aromatic rings. The van der Waals surface area contributed by atoms with Gasteiger partial charge in [0.15, 0.2) is 6.29 Å². The van der Waals surface area contributed by atoms with Crippen LogP contribution in [0.25, 0.3) is 0 Å². The number of fused-ring (bicyclic) bond motifs is 5. The van der Waals surface area contributed by atoms with Gasteiger partial charge in [-0.25, -0.2) is 9.59 Å². The molecule has 5 fully saturated rings. The molecule has 12 nitrogen and oxygen atoms in total. The third-order valence-corrected chi connectivity index (χ3v) is 13.6. The molecule has 4 saturated carbocycles. The lowest BCUT2D eigenvalue weighted by molar-refractivity contribution is -0.384. The number of benzene rings is 1. The fourth-order valence-corrected chi connectivity index (χ4v) is 10.8. The van der Waals surface area contributed by atoms with Gasteiger partial charge in [0.1, 0.15) is 18.8 Å². The molecule has 13 atom stereocenters. The van der Waals surface area contributed by atoms with Crippen LogP contribution < -0.4 is 0 Å². The van der Waals surface area contributed by atoms with Gasteiger partial charge in [0, 0.05) is 30.0 Å². The van der Waals surface area contributed by atoms with E-state index in [0.29, 0.717) is 18.8 Å². The molecule has 2 heterocycles. The van der Waals surface area contributed by atoms with Gasteiger partial charge in [0.2, 0.25) is 0 Å². The summed E-state index contributed by atoms with van der Waals surface area (Å²) in [4.78, 5) is 35.2. The summed E-state index contributed by atoms with van der Waals surface area (Å²) in [5.74, 6) is -0.571. The van der Waals surface area contributed by atoms with E-state index in [2.05, 4.69) is 6.92 Å². The predicted molar refractivity (Wildman–Crippen MR) is 169 cm³/mol. The van der Waals surface area contributed by atoms with E-state index in [4.69, 9.17) is 18.9 Å². The average molecular weight is 670 g/mol. The molecule has 0 unspecified atom stereocenters. The van der Waals surface area contributed by atoms with E-state index in [1.807, 2.05) is 6.92 Å². The van der Waals surface area contributed by atoms with Gasteiger partial charge in [-0.05, 0) is 105 Å². The Balaban J connectivity index is 1.00. The molecular weight excluding hydrogens is 622 g/mol. The van der Waals surface area contributed by atoms with Crippen molar-refractivity contribution in [2.45, 2.75) is 121 Å². The van der Waals surface area contributed by atoms with Crippen molar-refractivity contribution in [3.8, 4) is 0 Å². The molecule has 1 saturated heterocycles. The van der Waals surface area contributed by atoms with Crippen molar-refractivity contribution in [2.75, 3.05) is 6.61 Å². The zero-order chi connectivity index (χ0) is 34.2. The normalized spacial score (nSPS) is 45.3. The van der Waals surface area contributed by atoms with Gasteiger partial charge in [-0.3, -0.25) is 10.1 Å². The highest BCUT2D eigenvalue weighted by Crippen LogP contribution is 2.70. The number of rotatable bonds is 6. The SMILES string of the molecule is C[C@H]1O[C@@H](O[C@H]2CC[C@@]3(C)[C@H](CC[C@@H]4[C@@H]3C[C@@H](O)[C@]3(C)[C@@H](C5=CC(=O)OC5)CC[C@]43O)C2)C[C@@H](OC(=O)c2ccc([N+](=O)[O-])cc2)[C@@H]1O. The zero-order valence-electron chi connectivity index (χ0n) is 27.8. The van der Waals surface area contributed by atoms with E-state index in [0.717, 1.165) is 44.1 Å². The molecule has 0 spiro atoms. The highest BCUT2D eigenvalue weighted by molar-refractivity contribution is 5.89. The van der Waals surface area contributed by atoms with Crippen LogP contribution in [0.2, 0.25) is 0 Å². The summed E-state index contributed by atoms with van der Waals surface area (Å²) in [5, 5.41) is 46.1. The van der Waals surface area contributed by atoms with Crippen molar-refractivity contribution in [1.82, 2.24) is 0 Å². The number of nitro groups is 1. The van der Waals surface area contributed by atoms with Crippen LogP contribution >= 0.6 is 0 Å². The molecule has 12 heteroatoms. The van der Waals surface area contributed by atoms with Crippen molar-refractivity contribution in [1.29, 1.82) is 0 Å². The number of carbonyl (C=O) groups excluding carboxylic acids is 2. The fraction of sp³-hybridized carbons (Fsp3) is 0.722. The van der Waals surface area contributed by atoms with Gasteiger partial charge in [0.25, 0.3) is 5.69 Å². The first-order valence-electron chi connectivity index (χ1n) is 17.5. The van der Waals surface area contributed by atoms with Gasteiger partial charge in [-0.15, -0.1) is 0 Å². The van der Waals surface area contributed by atoms with E-state index in [1.165, 1.54) is 24.3 Å². The largest absolute Gasteiger partial charge is 0.458 e. The number of carbonyl (C=O) groups is 2. The summed E-state index contributed by atoms with van der Waals surface area (Å²) in [7, 11) is 0. The first kappa shape index (κ1) is 33.6. The molecule has 6 aliphatic rings. The lowest BCUT2D eigenvalue weighted by Gasteiger charge is -2.65. The van der Waals surface area contributed by atoms with Crippen LogP contribution in [-0.4, -0.2) is 81.2 Å². The van der Waals surface area contributed by atoms with Crippen molar-refractivity contribution in [2.24, 2.45) is 34.5 Å². The molecule has 1 aromatic carbocycles. The Bertz CT molecular complexity index is 1480. The summed E-state index contributed by atoms with van der Waals surface area (Å²) < 4.78 is 23.4. The second-order valence-corrected chi connectivity index (χ2v) is 15.6. The Morgan fingerprint density at radius 1 is 1.02 bits per heavy atom. The second-order valence-electron chi connectivity index (χ2n) is 15.6. The number of ether oxygens (including phenoxy) is 4. The Labute approximate surface area is 279 Å². The lowest BCUT2D eigenvalue weighted by Crippen LogP contribution is -2.67. The van der Waals surface area contributed by atoms with E-state index in [1.54, 1.807) is 13.0 Å². The number of non-ortho nitro benzene ring substituents is 1. The summed E-state index contributed by atoms with van der Waals surface area (Å²) >= 11 is 0. The fourth-order valence-electron chi connectivity index (χ4n) is 10.8. The van der Waals surface area contributed by atoms with Crippen molar-refractivity contribution in [3.63, 3.8) is 0 Å². The van der Waals surface area contributed by atoms with Crippen LogP contribution in [-0.2, 0) is 23.7 Å². The lowest BCUT2D eigenvalue weighted by atomic mass is 9.42. The van der Waals surface area contributed by atoms with Crippen LogP contribution in [0.15, 0.2) is 35.9 Å². The number of aliphatic hydroxyl groups is 3. The Morgan fingerprint density at radius 3 is 2.46 bits per heavy atom. The highest BCUT2D eigenvalue weighted by Gasteiger charge is 2.70. The maximum absolute atomic E-state index is 12.8. The quantitative estimate of drug-likeness (QED) is 0.171. The first-order chi connectivity index (χ1) is 22.7. The Kier molecular flexibility index (Phi) is 8.51. The number of hydrogen-bond acceptors (Lipinski definition) is 11. The summed E-state index contributed by atoms with van der Waals surface area (Å²) in [6, 6.07) is 5.13. The predicted octanol–water partition coefficient (Wildman–Crippen LogP) is 4.23. The van der Waals surface area contributed by atoms with Gasteiger partial charge >= 0.3 is 11.9 Å². The second kappa shape index (κ2) is 12.2. The minimum Gasteiger partial charge on any atom is -0.458 e. The minimum atomic E-state index is -1.06. The molecule has 0 radical (unpaired) electrons. The maximum atomic E-state index is 12.8. The number of aliphatic hydroxyl groups excluding tert-OH is 2. The number of esters is 2. The van der Waals surface area contributed by atoms with Gasteiger partial charge in [0.05, 0.1) is 34.4 Å². The first-order valence-corrected chi connectivity index (χ1v) is 17.5. The number of cyclic esters (lactones) is 1. The molecular formula is C36H47NO11. The number of nitrogens with zero attached hydrogens (tertiary/aromatic N) is 1. The summed E-state index contributed by atoms with van der Waals surface area (Å²) in [6.07, 6.45) is 3.88. The van der Waals surface area contributed by atoms with Crippen LogP contribution in [0, 0.1) is 44.6 Å². The maximum Gasteiger partial charge on any atom is 0.338 e. The van der Waals surface area contributed by atoms with Gasteiger partial charge < -0.3 is 34.3 Å². The third kappa shape index (κ3) is 5.30. The van der Waals surface area contributed by atoms with E-state index >= 15 is 0 Å².